The van der Waals surface area contributed by atoms with E-state index >= 15 is 0 Å². The van der Waals surface area contributed by atoms with Crippen molar-refractivity contribution in [3.8, 4) is 11.5 Å². The predicted octanol–water partition coefficient (Wildman–Crippen LogP) is 3.47. The minimum atomic E-state index is -0.755. The van der Waals surface area contributed by atoms with Crippen molar-refractivity contribution in [3.05, 3.63) is 70.1 Å². The van der Waals surface area contributed by atoms with Crippen molar-refractivity contribution in [1.29, 1.82) is 0 Å². The zero-order valence-corrected chi connectivity index (χ0v) is 17.1. The van der Waals surface area contributed by atoms with Crippen molar-refractivity contribution < 1.29 is 23.5 Å². The third-order valence-electron chi connectivity index (χ3n) is 4.20. The fourth-order valence-electron chi connectivity index (χ4n) is 2.71. The number of ether oxygens (including phenoxy) is 2. The molecule has 0 aliphatic rings. The minimum absolute atomic E-state index is 0.0700. The fraction of sp³-hybridized carbons (Fsp3) is 0.261. The molecule has 0 bridgehead atoms. The van der Waals surface area contributed by atoms with Gasteiger partial charge in [-0.2, -0.15) is 0 Å². The maximum Gasteiger partial charge on any atom is 0.349 e. The molecular weight excluding hydrogens is 386 g/mol. The van der Waals surface area contributed by atoms with Crippen LogP contribution in [-0.4, -0.2) is 25.0 Å². The monoisotopic (exact) mass is 409 g/mol. The largest absolute Gasteiger partial charge is 0.482 e. The van der Waals surface area contributed by atoms with E-state index in [0.717, 1.165) is 5.56 Å². The Hall–Kier alpha value is -3.61. The second kappa shape index (κ2) is 9.26. The van der Waals surface area contributed by atoms with Crippen molar-refractivity contribution >= 4 is 22.8 Å². The van der Waals surface area contributed by atoms with Gasteiger partial charge in [0.1, 0.15) is 22.6 Å². The maximum absolute atomic E-state index is 12.2. The first-order valence-electron chi connectivity index (χ1n) is 9.58. The SMILES string of the molecule is Cc1cccc(OCC(=O)Oc2ccc3cc(C(=O)NCC(C)C)c(=O)oc3c2)c1. The van der Waals surface area contributed by atoms with Crippen LogP contribution in [0.5, 0.6) is 11.5 Å². The quantitative estimate of drug-likeness (QED) is 0.365. The second-order valence-electron chi connectivity index (χ2n) is 7.33. The molecule has 0 radical (unpaired) electrons. The first-order valence-corrected chi connectivity index (χ1v) is 9.58. The van der Waals surface area contributed by atoms with Gasteiger partial charge in [-0.05, 0) is 48.7 Å². The molecule has 7 nitrogen and oxygen atoms in total. The van der Waals surface area contributed by atoms with E-state index in [-0.39, 0.29) is 29.4 Å². The number of carbonyl (C=O) groups is 2. The van der Waals surface area contributed by atoms with Crippen molar-refractivity contribution in [2.75, 3.05) is 13.2 Å². The molecule has 1 aromatic heterocycles. The smallest absolute Gasteiger partial charge is 0.349 e. The van der Waals surface area contributed by atoms with E-state index in [1.807, 2.05) is 39.0 Å². The molecule has 156 valence electrons. The Kier molecular flexibility index (Phi) is 6.51. The van der Waals surface area contributed by atoms with Gasteiger partial charge < -0.3 is 19.2 Å². The number of amides is 1. The van der Waals surface area contributed by atoms with E-state index in [4.69, 9.17) is 13.9 Å². The van der Waals surface area contributed by atoms with Crippen LogP contribution >= 0.6 is 0 Å². The molecule has 1 amide bonds. The third-order valence-corrected chi connectivity index (χ3v) is 4.20. The van der Waals surface area contributed by atoms with Crippen LogP contribution in [0.2, 0.25) is 0 Å². The number of benzene rings is 2. The Bertz CT molecular complexity index is 1130. The van der Waals surface area contributed by atoms with E-state index in [0.29, 0.717) is 17.7 Å². The van der Waals surface area contributed by atoms with Crippen molar-refractivity contribution in [2.45, 2.75) is 20.8 Å². The first kappa shape index (κ1) is 21.1. The second-order valence-corrected chi connectivity index (χ2v) is 7.33. The summed E-state index contributed by atoms with van der Waals surface area (Å²) in [4.78, 5) is 36.4. The van der Waals surface area contributed by atoms with E-state index in [1.54, 1.807) is 18.2 Å². The van der Waals surface area contributed by atoms with Gasteiger partial charge in [0.05, 0.1) is 0 Å². The van der Waals surface area contributed by atoms with E-state index in [1.165, 1.54) is 12.1 Å². The van der Waals surface area contributed by atoms with Gasteiger partial charge in [0.25, 0.3) is 5.91 Å². The molecule has 1 N–H and O–H groups in total. The number of carbonyl (C=O) groups excluding carboxylic acids is 2. The zero-order chi connectivity index (χ0) is 21.7. The van der Waals surface area contributed by atoms with Crippen molar-refractivity contribution in [3.63, 3.8) is 0 Å². The molecule has 30 heavy (non-hydrogen) atoms. The van der Waals surface area contributed by atoms with Gasteiger partial charge in [0, 0.05) is 18.0 Å². The predicted molar refractivity (Wildman–Crippen MR) is 112 cm³/mol. The summed E-state index contributed by atoms with van der Waals surface area (Å²) >= 11 is 0. The Morgan fingerprint density at radius 3 is 2.60 bits per heavy atom. The standard InChI is InChI=1S/C23H23NO6/c1-14(2)12-24-22(26)19-10-16-7-8-18(11-20(16)30-23(19)27)29-21(25)13-28-17-6-4-5-15(3)9-17/h4-11,14H,12-13H2,1-3H3,(H,24,26). The Labute approximate surface area is 173 Å². The molecule has 1 heterocycles. The molecule has 0 aliphatic carbocycles. The molecule has 0 atom stereocenters. The van der Waals surface area contributed by atoms with Gasteiger partial charge in [0.2, 0.25) is 0 Å². The van der Waals surface area contributed by atoms with E-state index in [9.17, 15) is 14.4 Å². The van der Waals surface area contributed by atoms with Crippen LogP contribution in [0.25, 0.3) is 11.0 Å². The van der Waals surface area contributed by atoms with Crippen molar-refractivity contribution in [2.24, 2.45) is 5.92 Å². The van der Waals surface area contributed by atoms with Gasteiger partial charge in [-0.3, -0.25) is 4.79 Å². The summed E-state index contributed by atoms with van der Waals surface area (Å²) in [5.74, 6) is -0.0418. The zero-order valence-electron chi connectivity index (χ0n) is 17.1. The molecular formula is C23H23NO6. The van der Waals surface area contributed by atoms with Gasteiger partial charge in [0.15, 0.2) is 6.61 Å². The van der Waals surface area contributed by atoms with Gasteiger partial charge in [-0.15, -0.1) is 0 Å². The first-order chi connectivity index (χ1) is 14.3. The molecule has 7 heteroatoms. The average Bonchev–Trinajstić information content (AvgIpc) is 2.70. The molecule has 0 spiro atoms. The molecule has 0 fully saturated rings. The van der Waals surface area contributed by atoms with Crippen molar-refractivity contribution in [1.82, 2.24) is 5.32 Å². The fourth-order valence-corrected chi connectivity index (χ4v) is 2.71. The highest BCUT2D eigenvalue weighted by Crippen LogP contribution is 2.21. The number of aryl methyl sites for hydroxylation is 1. The molecule has 0 saturated heterocycles. The van der Waals surface area contributed by atoms with E-state index < -0.39 is 17.5 Å². The van der Waals surface area contributed by atoms with Gasteiger partial charge in [-0.25, -0.2) is 9.59 Å². The number of esters is 1. The topological polar surface area (TPSA) is 94.8 Å². The summed E-state index contributed by atoms with van der Waals surface area (Å²) in [6.07, 6.45) is 0. The normalized spacial score (nSPS) is 10.8. The highest BCUT2D eigenvalue weighted by Gasteiger charge is 2.15. The average molecular weight is 409 g/mol. The van der Waals surface area contributed by atoms with Crippen LogP contribution < -0.4 is 20.4 Å². The van der Waals surface area contributed by atoms with Gasteiger partial charge >= 0.3 is 11.6 Å². The lowest BCUT2D eigenvalue weighted by Gasteiger charge is -2.09. The molecule has 2 aromatic carbocycles. The Morgan fingerprint density at radius 2 is 1.87 bits per heavy atom. The van der Waals surface area contributed by atoms with Crippen LogP contribution in [-0.2, 0) is 4.79 Å². The minimum Gasteiger partial charge on any atom is -0.482 e. The lowest BCUT2D eigenvalue weighted by molar-refractivity contribution is -0.136. The molecule has 3 rings (SSSR count). The van der Waals surface area contributed by atoms with Gasteiger partial charge in [-0.1, -0.05) is 26.0 Å². The summed E-state index contributed by atoms with van der Waals surface area (Å²) < 4.78 is 15.9. The lowest BCUT2D eigenvalue weighted by atomic mass is 10.1. The third kappa shape index (κ3) is 5.47. The van der Waals surface area contributed by atoms with Crippen LogP contribution in [0.3, 0.4) is 0 Å². The highest BCUT2D eigenvalue weighted by molar-refractivity contribution is 5.96. The van der Waals surface area contributed by atoms with Crippen LogP contribution in [0.1, 0.15) is 29.8 Å². The number of hydrogen-bond donors (Lipinski definition) is 1. The summed E-state index contributed by atoms with van der Waals surface area (Å²) in [5, 5.41) is 3.23. The molecule has 3 aromatic rings. The maximum atomic E-state index is 12.2. The summed E-state index contributed by atoms with van der Waals surface area (Å²) in [6, 6.07) is 13.4. The number of nitrogens with one attached hydrogen (secondary N) is 1. The Morgan fingerprint density at radius 1 is 1.07 bits per heavy atom. The molecule has 0 aliphatic heterocycles. The van der Waals surface area contributed by atoms with E-state index in [2.05, 4.69) is 5.32 Å². The number of rotatable bonds is 7. The van der Waals surface area contributed by atoms with Crippen LogP contribution in [0, 0.1) is 12.8 Å². The summed E-state index contributed by atoms with van der Waals surface area (Å²) in [5.41, 5.74) is 0.405. The Balaban J connectivity index is 1.69. The number of hydrogen-bond acceptors (Lipinski definition) is 6. The molecule has 0 unspecified atom stereocenters. The lowest BCUT2D eigenvalue weighted by Crippen LogP contribution is -2.31. The number of fused-ring (bicyclic) bond motifs is 1. The van der Waals surface area contributed by atoms with Crippen LogP contribution in [0.4, 0.5) is 0 Å². The highest BCUT2D eigenvalue weighted by atomic mass is 16.6. The summed E-state index contributed by atoms with van der Waals surface area (Å²) in [7, 11) is 0. The summed E-state index contributed by atoms with van der Waals surface area (Å²) in [6.45, 7) is 6.03. The molecule has 0 saturated carbocycles. The van der Waals surface area contributed by atoms with Crippen LogP contribution in [0.15, 0.2) is 57.7 Å².